The van der Waals surface area contributed by atoms with Gasteiger partial charge in [-0.1, -0.05) is 24.3 Å². The van der Waals surface area contributed by atoms with E-state index in [1.807, 2.05) is 11.7 Å². The van der Waals surface area contributed by atoms with Gasteiger partial charge in [-0.05, 0) is 38.8 Å². The second-order valence-electron chi connectivity index (χ2n) is 8.44. The van der Waals surface area contributed by atoms with Gasteiger partial charge in [-0.15, -0.1) is 0 Å². The Kier molecular flexibility index (Phi) is 6.75. The molecule has 0 radical (unpaired) electrons. The predicted molar refractivity (Wildman–Crippen MR) is 113 cm³/mol. The molecule has 2 heterocycles. The Bertz CT molecular complexity index is 773. The molecule has 154 valence electrons. The molecule has 0 unspecified atom stereocenters. The number of hydrogen-bond acceptors (Lipinski definition) is 5. The van der Waals surface area contributed by atoms with Crippen molar-refractivity contribution in [2.45, 2.75) is 53.0 Å². The molecule has 6 heteroatoms. The Morgan fingerprint density at radius 3 is 2.57 bits per heavy atom. The van der Waals surface area contributed by atoms with Crippen LogP contribution in [0.4, 0.5) is 5.82 Å². The number of nitrogens with zero attached hydrogens (tertiary/aromatic N) is 3. The van der Waals surface area contributed by atoms with Crippen LogP contribution in [-0.4, -0.2) is 41.7 Å². The molecule has 1 aromatic heterocycles. The number of rotatable bonds is 7. The van der Waals surface area contributed by atoms with Crippen LogP contribution in [0.25, 0.3) is 0 Å². The molecule has 1 N–H and O–H groups in total. The van der Waals surface area contributed by atoms with Crippen molar-refractivity contribution in [3.63, 3.8) is 0 Å². The van der Waals surface area contributed by atoms with Gasteiger partial charge in [-0.2, -0.15) is 5.10 Å². The van der Waals surface area contributed by atoms with Gasteiger partial charge in [0, 0.05) is 38.8 Å². The van der Waals surface area contributed by atoms with Crippen LogP contribution < -0.4 is 10.2 Å². The number of hydrogen-bond donors (Lipinski definition) is 1. The summed E-state index contributed by atoms with van der Waals surface area (Å²) in [5, 5.41) is 8.25. The molecule has 1 fully saturated rings. The van der Waals surface area contributed by atoms with Gasteiger partial charge in [-0.3, -0.25) is 4.68 Å². The highest BCUT2D eigenvalue weighted by Crippen LogP contribution is 2.24. The fraction of sp³-hybridized carbons (Fsp3) is 0.591. The SMILES string of the molecule is Cc1nn(C)c(N2CCOCC2)c1CNCc1cccc(COC(C)(C)C)c1. The number of morpholine rings is 1. The Morgan fingerprint density at radius 1 is 1.14 bits per heavy atom. The molecule has 1 aromatic carbocycles. The first-order chi connectivity index (χ1) is 13.3. The van der Waals surface area contributed by atoms with Crippen molar-refractivity contribution in [3.05, 3.63) is 46.6 Å². The summed E-state index contributed by atoms with van der Waals surface area (Å²) in [7, 11) is 2.03. The Hall–Kier alpha value is -1.89. The summed E-state index contributed by atoms with van der Waals surface area (Å²) < 4.78 is 13.4. The minimum absolute atomic E-state index is 0.123. The van der Waals surface area contributed by atoms with Gasteiger partial charge < -0.3 is 19.7 Å². The van der Waals surface area contributed by atoms with Crippen molar-refractivity contribution in [2.24, 2.45) is 7.05 Å². The van der Waals surface area contributed by atoms with Gasteiger partial charge in [-0.25, -0.2) is 0 Å². The van der Waals surface area contributed by atoms with Crippen molar-refractivity contribution in [3.8, 4) is 0 Å². The molecule has 0 spiro atoms. The average molecular weight is 387 g/mol. The average Bonchev–Trinajstić information content (AvgIpc) is 2.94. The minimum atomic E-state index is -0.123. The molecule has 6 nitrogen and oxygen atoms in total. The van der Waals surface area contributed by atoms with E-state index < -0.39 is 0 Å². The summed E-state index contributed by atoms with van der Waals surface area (Å²) in [4.78, 5) is 2.38. The molecule has 0 bridgehead atoms. The van der Waals surface area contributed by atoms with Crippen LogP contribution in [0.15, 0.2) is 24.3 Å². The zero-order valence-corrected chi connectivity index (χ0v) is 17.9. The van der Waals surface area contributed by atoms with Gasteiger partial charge >= 0.3 is 0 Å². The van der Waals surface area contributed by atoms with E-state index in [-0.39, 0.29) is 5.60 Å². The summed E-state index contributed by atoms with van der Waals surface area (Å²) in [5.41, 5.74) is 4.72. The van der Waals surface area contributed by atoms with Crippen LogP contribution in [0.5, 0.6) is 0 Å². The van der Waals surface area contributed by atoms with Crippen LogP contribution >= 0.6 is 0 Å². The summed E-state index contributed by atoms with van der Waals surface area (Å²) >= 11 is 0. The molecule has 28 heavy (non-hydrogen) atoms. The molecular formula is C22H34N4O2. The third-order valence-electron chi connectivity index (χ3n) is 4.92. The fourth-order valence-electron chi connectivity index (χ4n) is 3.53. The molecular weight excluding hydrogens is 352 g/mol. The maximum atomic E-state index is 5.90. The highest BCUT2D eigenvalue weighted by molar-refractivity contribution is 5.50. The van der Waals surface area contributed by atoms with E-state index in [1.54, 1.807) is 0 Å². The molecule has 0 atom stereocenters. The first-order valence-corrected chi connectivity index (χ1v) is 10.1. The zero-order chi connectivity index (χ0) is 20.1. The van der Waals surface area contributed by atoms with Crippen molar-refractivity contribution in [2.75, 3.05) is 31.2 Å². The number of aryl methyl sites for hydroxylation is 2. The fourth-order valence-corrected chi connectivity index (χ4v) is 3.53. The van der Waals surface area contributed by atoms with Crippen molar-refractivity contribution < 1.29 is 9.47 Å². The normalized spacial score (nSPS) is 15.2. The van der Waals surface area contributed by atoms with Crippen molar-refractivity contribution in [1.29, 1.82) is 0 Å². The van der Waals surface area contributed by atoms with Gasteiger partial charge in [0.25, 0.3) is 0 Å². The number of ether oxygens (including phenoxy) is 2. The number of benzene rings is 1. The van der Waals surface area contributed by atoms with Gasteiger partial charge in [0.15, 0.2) is 0 Å². The monoisotopic (exact) mass is 386 g/mol. The largest absolute Gasteiger partial charge is 0.378 e. The molecule has 1 saturated heterocycles. The van der Waals surface area contributed by atoms with Crippen molar-refractivity contribution in [1.82, 2.24) is 15.1 Å². The Labute approximate surface area is 168 Å². The number of nitrogens with one attached hydrogen (secondary N) is 1. The van der Waals surface area contributed by atoms with E-state index >= 15 is 0 Å². The minimum Gasteiger partial charge on any atom is -0.378 e. The maximum Gasteiger partial charge on any atom is 0.131 e. The molecule has 0 aliphatic carbocycles. The molecule has 1 aliphatic rings. The molecule has 0 amide bonds. The van der Waals surface area contributed by atoms with E-state index in [4.69, 9.17) is 9.47 Å². The third-order valence-corrected chi connectivity index (χ3v) is 4.92. The lowest BCUT2D eigenvalue weighted by Crippen LogP contribution is -2.38. The van der Waals surface area contributed by atoms with E-state index in [0.717, 1.165) is 45.1 Å². The molecule has 3 rings (SSSR count). The first kappa shape index (κ1) is 20.8. The van der Waals surface area contributed by atoms with Crippen molar-refractivity contribution >= 4 is 5.82 Å². The lowest BCUT2D eigenvalue weighted by molar-refractivity contribution is -0.0149. The standard InChI is InChI=1S/C22H34N4O2/c1-17-20(21(25(5)24-17)26-9-11-27-12-10-26)15-23-14-18-7-6-8-19(13-18)16-28-22(2,3)4/h6-8,13,23H,9-12,14-16H2,1-5H3. The second-order valence-corrected chi connectivity index (χ2v) is 8.44. The van der Waals surface area contributed by atoms with Gasteiger partial charge in [0.1, 0.15) is 5.82 Å². The van der Waals surface area contributed by atoms with Crippen LogP contribution in [0.1, 0.15) is 43.2 Å². The maximum absolute atomic E-state index is 5.90. The van der Waals surface area contributed by atoms with Crippen LogP contribution in [0, 0.1) is 6.92 Å². The lowest BCUT2D eigenvalue weighted by atomic mass is 10.1. The summed E-state index contributed by atoms with van der Waals surface area (Å²) in [5.74, 6) is 1.21. The van der Waals surface area contributed by atoms with Crippen LogP contribution in [-0.2, 0) is 36.2 Å². The smallest absolute Gasteiger partial charge is 0.131 e. The highest BCUT2D eigenvalue weighted by atomic mass is 16.5. The van der Waals surface area contributed by atoms with Crippen LogP contribution in [0.3, 0.4) is 0 Å². The van der Waals surface area contributed by atoms with E-state index in [2.05, 4.69) is 67.3 Å². The summed E-state index contributed by atoms with van der Waals surface area (Å²) in [6.07, 6.45) is 0. The topological polar surface area (TPSA) is 51.5 Å². The van der Waals surface area contributed by atoms with Crippen LogP contribution in [0.2, 0.25) is 0 Å². The lowest BCUT2D eigenvalue weighted by Gasteiger charge is -2.29. The molecule has 0 saturated carbocycles. The first-order valence-electron chi connectivity index (χ1n) is 10.1. The van der Waals surface area contributed by atoms with Gasteiger partial charge in [0.05, 0.1) is 31.1 Å². The summed E-state index contributed by atoms with van der Waals surface area (Å²) in [6.45, 7) is 14.0. The number of aromatic nitrogens is 2. The van der Waals surface area contributed by atoms with E-state index in [0.29, 0.717) is 6.61 Å². The Morgan fingerprint density at radius 2 is 1.86 bits per heavy atom. The highest BCUT2D eigenvalue weighted by Gasteiger charge is 2.21. The second kappa shape index (κ2) is 9.07. The molecule has 1 aliphatic heterocycles. The Balaban J connectivity index is 1.61. The van der Waals surface area contributed by atoms with E-state index in [1.165, 1.54) is 22.5 Å². The molecule has 2 aromatic rings. The summed E-state index contributed by atoms with van der Waals surface area (Å²) in [6, 6.07) is 8.61. The quantitative estimate of drug-likeness (QED) is 0.792. The predicted octanol–water partition coefficient (Wildman–Crippen LogP) is 3.17. The van der Waals surface area contributed by atoms with Gasteiger partial charge in [0.2, 0.25) is 0 Å². The number of anilines is 1. The third kappa shape index (κ3) is 5.56. The van der Waals surface area contributed by atoms with E-state index in [9.17, 15) is 0 Å². The zero-order valence-electron chi connectivity index (χ0n) is 17.9.